The van der Waals surface area contributed by atoms with Crippen LogP contribution in [0.4, 0.5) is 5.82 Å². The van der Waals surface area contributed by atoms with Crippen molar-refractivity contribution in [3.05, 3.63) is 17.5 Å². The van der Waals surface area contributed by atoms with Crippen molar-refractivity contribution >= 4 is 17.4 Å². The van der Waals surface area contributed by atoms with Crippen LogP contribution in [0.5, 0.6) is 0 Å². The average Bonchev–Trinajstić information content (AvgIpc) is 2.56. The lowest BCUT2D eigenvalue weighted by Crippen LogP contribution is -2.57. The lowest BCUT2D eigenvalue weighted by Gasteiger charge is -2.48. The summed E-state index contributed by atoms with van der Waals surface area (Å²) in [4.78, 5) is 10.8. The van der Waals surface area contributed by atoms with Crippen LogP contribution >= 0.6 is 11.6 Å². The number of likely N-dealkylation sites (tertiary alicyclic amines) is 1. The Kier molecular flexibility index (Phi) is 4.93. The Morgan fingerprint density at radius 2 is 2.00 bits per heavy atom. The van der Waals surface area contributed by atoms with E-state index in [0.717, 1.165) is 38.4 Å². The lowest BCUT2D eigenvalue weighted by atomic mass is 9.86. The summed E-state index contributed by atoms with van der Waals surface area (Å²) in [5.41, 5.74) is 0.174. The zero-order valence-electron chi connectivity index (χ0n) is 12.4. The van der Waals surface area contributed by atoms with Crippen molar-refractivity contribution in [2.24, 2.45) is 0 Å². The number of nitrogens with one attached hydrogen (secondary N) is 1. The Labute approximate surface area is 131 Å². The molecule has 2 saturated heterocycles. The Morgan fingerprint density at radius 1 is 1.24 bits per heavy atom. The molecule has 2 aliphatic heterocycles. The smallest absolute Gasteiger partial charge is 0.148 e. The molecule has 116 valence electrons. The monoisotopic (exact) mass is 310 g/mol. The molecule has 21 heavy (non-hydrogen) atoms. The highest BCUT2D eigenvalue weighted by Gasteiger charge is 2.38. The molecule has 3 heterocycles. The first kappa shape index (κ1) is 15.0. The maximum absolute atomic E-state index is 6.15. The van der Waals surface area contributed by atoms with Gasteiger partial charge in [-0.2, -0.15) is 0 Å². The van der Waals surface area contributed by atoms with Crippen molar-refractivity contribution in [1.29, 1.82) is 0 Å². The molecule has 0 aromatic carbocycles. The number of piperidine rings is 1. The van der Waals surface area contributed by atoms with Crippen molar-refractivity contribution in [2.45, 2.75) is 37.6 Å². The predicted octanol–water partition coefficient (Wildman–Crippen LogP) is 2.58. The van der Waals surface area contributed by atoms with Gasteiger partial charge in [0.05, 0.1) is 6.20 Å². The highest BCUT2D eigenvalue weighted by Crippen LogP contribution is 2.31. The van der Waals surface area contributed by atoms with Gasteiger partial charge in [0.1, 0.15) is 17.2 Å². The van der Waals surface area contributed by atoms with E-state index in [1.807, 2.05) is 0 Å². The summed E-state index contributed by atoms with van der Waals surface area (Å²) < 4.78 is 5.59. The summed E-state index contributed by atoms with van der Waals surface area (Å²) in [5.74, 6) is 0.731. The van der Waals surface area contributed by atoms with Gasteiger partial charge in [-0.05, 0) is 38.8 Å². The first-order valence-corrected chi connectivity index (χ1v) is 8.20. The normalized spacial score (nSPS) is 22.9. The van der Waals surface area contributed by atoms with Crippen LogP contribution in [-0.2, 0) is 4.74 Å². The van der Waals surface area contributed by atoms with Crippen LogP contribution in [0.25, 0.3) is 0 Å². The number of hydrogen-bond donors (Lipinski definition) is 1. The second-order valence-electron chi connectivity index (χ2n) is 5.96. The number of hydrogen-bond acceptors (Lipinski definition) is 5. The minimum Gasteiger partial charge on any atom is -0.381 e. The van der Waals surface area contributed by atoms with E-state index in [4.69, 9.17) is 16.3 Å². The minimum absolute atomic E-state index is 0.174. The highest BCUT2D eigenvalue weighted by molar-refractivity contribution is 6.32. The van der Waals surface area contributed by atoms with Crippen LogP contribution in [0, 0.1) is 0 Å². The van der Waals surface area contributed by atoms with Gasteiger partial charge in [0, 0.05) is 25.3 Å². The average molecular weight is 311 g/mol. The molecule has 0 aliphatic carbocycles. The Hall–Kier alpha value is -0.910. The molecule has 0 saturated carbocycles. The van der Waals surface area contributed by atoms with Crippen molar-refractivity contribution < 1.29 is 4.74 Å². The number of rotatable bonds is 4. The van der Waals surface area contributed by atoms with Crippen LogP contribution in [0.2, 0.25) is 5.02 Å². The highest BCUT2D eigenvalue weighted by atomic mass is 35.5. The zero-order chi connectivity index (χ0) is 14.5. The first-order chi connectivity index (χ1) is 10.3. The van der Waals surface area contributed by atoms with Crippen molar-refractivity contribution in [3.8, 4) is 0 Å². The number of halogens is 1. The first-order valence-electron chi connectivity index (χ1n) is 7.82. The second kappa shape index (κ2) is 6.90. The molecular weight excluding hydrogens is 288 g/mol. The molecule has 1 aromatic heterocycles. The minimum atomic E-state index is 0.174. The molecule has 0 atom stereocenters. The summed E-state index contributed by atoms with van der Waals surface area (Å²) in [6, 6.07) is 0. The molecule has 2 fully saturated rings. The van der Waals surface area contributed by atoms with Crippen LogP contribution in [-0.4, -0.2) is 53.3 Å². The summed E-state index contributed by atoms with van der Waals surface area (Å²) in [6.07, 6.45) is 9.27. The topological polar surface area (TPSA) is 50.3 Å². The number of nitrogens with zero attached hydrogens (tertiary/aromatic N) is 3. The van der Waals surface area contributed by atoms with Gasteiger partial charge in [-0.1, -0.05) is 18.0 Å². The van der Waals surface area contributed by atoms with Gasteiger partial charge in [-0.3, -0.25) is 4.90 Å². The van der Waals surface area contributed by atoms with E-state index >= 15 is 0 Å². The largest absolute Gasteiger partial charge is 0.381 e. The molecule has 0 unspecified atom stereocenters. The third kappa shape index (κ3) is 3.47. The molecule has 3 rings (SSSR count). The van der Waals surface area contributed by atoms with Gasteiger partial charge in [-0.25, -0.2) is 9.97 Å². The fraction of sp³-hybridized carbons (Fsp3) is 0.733. The quantitative estimate of drug-likeness (QED) is 0.926. The molecule has 1 N–H and O–H groups in total. The van der Waals surface area contributed by atoms with Gasteiger partial charge >= 0.3 is 0 Å². The van der Waals surface area contributed by atoms with Gasteiger partial charge in [-0.15, -0.1) is 0 Å². The second-order valence-corrected chi connectivity index (χ2v) is 6.36. The molecule has 0 spiro atoms. The fourth-order valence-electron chi connectivity index (χ4n) is 3.42. The van der Waals surface area contributed by atoms with Crippen LogP contribution in [0.3, 0.4) is 0 Å². The molecule has 5 nitrogen and oxygen atoms in total. The SMILES string of the molecule is Clc1cncnc1NCC1(N2CCCCC2)CCOCC1. The summed E-state index contributed by atoms with van der Waals surface area (Å²) in [6.45, 7) is 4.94. The molecule has 6 heteroatoms. The number of anilines is 1. The van der Waals surface area contributed by atoms with Crippen LogP contribution in [0.1, 0.15) is 32.1 Å². The maximum Gasteiger partial charge on any atom is 0.148 e. The predicted molar refractivity (Wildman–Crippen MR) is 83.7 cm³/mol. The molecule has 1 aromatic rings. The van der Waals surface area contributed by atoms with Gasteiger partial charge in [0.2, 0.25) is 0 Å². The van der Waals surface area contributed by atoms with Crippen LogP contribution in [0.15, 0.2) is 12.5 Å². The van der Waals surface area contributed by atoms with E-state index in [-0.39, 0.29) is 5.54 Å². The summed E-state index contributed by atoms with van der Waals surface area (Å²) in [7, 11) is 0. The Morgan fingerprint density at radius 3 is 2.71 bits per heavy atom. The maximum atomic E-state index is 6.15. The van der Waals surface area contributed by atoms with E-state index in [0.29, 0.717) is 5.02 Å². The summed E-state index contributed by atoms with van der Waals surface area (Å²) in [5, 5.41) is 4.02. The van der Waals surface area contributed by atoms with Crippen LogP contribution < -0.4 is 5.32 Å². The number of aromatic nitrogens is 2. The van der Waals surface area contributed by atoms with E-state index in [2.05, 4.69) is 20.2 Å². The number of ether oxygens (including phenoxy) is 1. The van der Waals surface area contributed by atoms with E-state index < -0.39 is 0 Å². The van der Waals surface area contributed by atoms with Gasteiger partial charge < -0.3 is 10.1 Å². The lowest BCUT2D eigenvalue weighted by molar-refractivity contribution is -0.0293. The Balaban J connectivity index is 1.71. The summed E-state index contributed by atoms with van der Waals surface area (Å²) >= 11 is 6.15. The molecule has 0 bridgehead atoms. The van der Waals surface area contributed by atoms with Gasteiger partial charge in [0.25, 0.3) is 0 Å². The van der Waals surface area contributed by atoms with E-state index in [1.165, 1.54) is 38.7 Å². The fourth-order valence-corrected chi connectivity index (χ4v) is 3.59. The third-order valence-corrected chi connectivity index (χ3v) is 4.98. The van der Waals surface area contributed by atoms with Crippen molar-refractivity contribution in [1.82, 2.24) is 14.9 Å². The van der Waals surface area contributed by atoms with E-state index in [1.54, 1.807) is 6.20 Å². The molecule has 2 aliphatic rings. The van der Waals surface area contributed by atoms with Gasteiger partial charge in [0.15, 0.2) is 0 Å². The standard InChI is InChI=1S/C15H23ClN4O/c16-13-10-17-12-19-14(13)18-11-15(4-8-21-9-5-15)20-6-2-1-3-7-20/h10,12H,1-9,11H2,(H,17,18,19). The van der Waals surface area contributed by atoms with Crippen molar-refractivity contribution in [2.75, 3.05) is 38.2 Å². The Bertz CT molecular complexity index is 459. The molecule has 0 radical (unpaired) electrons. The van der Waals surface area contributed by atoms with Crippen molar-refractivity contribution in [3.63, 3.8) is 0 Å². The molecule has 0 amide bonds. The van der Waals surface area contributed by atoms with E-state index in [9.17, 15) is 0 Å². The zero-order valence-corrected chi connectivity index (χ0v) is 13.1. The molecular formula is C15H23ClN4O. The third-order valence-electron chi connectivity index (χ3n) is 4.70.